The third-order valence-electron chi connectivity index (χ3n) is 4.59. The van der Waals surface area contributed by atoms with Crippen LogP contribution in [0.15, 0.2) is 72.8 Å². The van der Waals surface area contributed by atoms with Crippen molar-refractivity contribution in [1.29, 1.82) is 5.26 Å². The average molecular weight is 356 g/mol. The van der Waals surface area contributed by atoms with Crippen molar-refractivity contribution >= 4 is 5.69 Å². The smallest absolute Gasteiger partial charge is 0.122 e. The molecule has 0 unspecified atom stereocenters. The van der Waals surface area contributed by atoms with Crippen LogP contribution in [0.4, 0.5) is 5.69 Å². The molecule has 4 heteroatoms. The van der Waals surface area contributed by atoms with Gasteiger partial charge in [-0.05, 0) is 47.0 Å². The molecule has 0 radical (unpaired) electrons. The van der Waals surface area contributed by atoms with Crippen molar-refractivity contribution < 1.29 is 9.57 Å². The van der Waals surface area contributed by atoms with E-state index in [0.29, 0.717) is 18.7 Å². The number of rotatable bonds is 6. The topological polar surface area (TPSA) is 45.5 Å². The second kappa shape index (κ2) is 7.94. The van der Waals surface area contributed by atoms with Crippen molar-refractivity contribution in [2.45, 2.75) is 19.6 Å². The predicted octanol–water partition coefficient (Wildman–Crippen LogP) is 4.63. The molecule has 0 amide bonds. The van der Waals surface area contributed by atoms with Crippen molar-refractivity contribution in [1.82, 2.24) is 0 Å². The van der Waals surface area contributed by atoms with Crippen LogP contribution in [0.5, 0.6) is 5.75 Å². The van der Waals surface area contributed by atoms with Gasteiger partial charge in [0.2, 0.25) is 0 Å². The second-order valence-corrected chi connectivity index (χ2v) is 6.49. The Morgan fingerprint density at radius 2 is 1.74 bits per heavy atom. The van der Waals surface area contributed by atoms with Crippen LogP contribution < -0.4 is 9.80 Å². The Bertz CT molecular complexity index is 946. The monoisotopic (exact) mass is 356 g/mol. The molecule has 1 aliphatic heterocycles. The first-order valence-electron chi connectivity index (χ1n) is 9.01. The highest BCUT2D eigenvalue weighted by molar-refractivity contribution is 5.46. The molecule has 0 fully saturated rings. The SMILES string of the molecule is N#Cc1ccc(CON(Cc2ccc3c(c2)CCO3)c2ccccc2)cc1. The molecule has 0 saturated carbocycles. The molecule has 0 atom stereocenters. The van der Waals surface area contributed by atoms with Gasteiger partial charge in [0.25, 0.3) is 0 Å². The molecule has 134 valence electrons. The number of hydrogen-bond donors (Lipinski definition) is 0. The molecule has 3 aromatic rings. The molecule has 1 aliphatic rings. The zero-order chi connectivity index (χ0) is 18.5. The Morgan fingerprint density at radius 3 is 2.52 bits per heavy atom. The van der Waals surface area contributed by atoms with Gasteiger partial charge in [0.05, 0.1) is 37.1 Å². The van der Waals surface area contributed by atoms with E-state index in [0.717, 1.165) is 30.0 Å². The summed E-state index contributed by atoms with van der Waals surface area (Å²) in [6.45, 7) is 1.85. The third-order valence-corrected chi connectivity index (χ3v) is 4.59. The van der Waals surface area contributed by atoms with Gasteiger partial charge in [0, 0.05) is 6.42 Å². The quantitative estimate of drug-likeness (QED) is 0.604. The number of nitriles is 1. The molecule has 3 aromatic carbocycles. The molecule has 4 nitrogen and oxygen atoms in total. The first-order valence-corrected chi connectivity index (χ1v) is 9.01. The number of hydrogen-bond acceptors (Lipinski definition) is 4. The zero-order valence-corrected chi connectivity index (χ0v) is 15.0. The largest absolute Gasteiger partial charge is 0.493 e. The lowest BCUT2D eigenvalue weighted by atomic mass is 10.1. The van der Waals surface area contributed by atoms with E-state index in [9.17, 15) is 0 Å². The minimum atomic E-state index is 0.439. The summed E-state index contributed by atoms with van der Waals surface area (Å²) in [4.78, 5) is 6.13. The van der Waals surface area contributed by atoms with Crippen molar-refractivity contribution in [3.8, 4) is 11.8 Å². The first kappa shape index (κ1) is 17.1. The standard InChI is InChI=1S/C23H20N2O2/c24-15-18-6-8-19(9-7-18)17-27-25(22-4-2-1-3-5-22)16-20-10-11-23-21(14-20)12-13-26-23/h1-11,14H,12-13,16-17H2. The summed E-state index contributed by atoms with van der Waals surface area (Å²) in [7, 11) is 0. The molecular weight excluding hydrogens is 336 g/mol. The lowest BCUT2D eigenvalue weighted by Gasteiger charge is -2.24. The molecule has 1 heterocycles. The molecule has 4 rings (SSSR count). The minimum absolute atomic E-state index is 0.439. The van der Waals surface area contributed by atoms with Gasteiger partial charge >= 0.3 is 0 Å². The van der Waals surface area contributed by atoms with E-state index in [1.54, 1.807) is 0 Å². The van der Waals surface area contributed by atoms with Crippen LogP contribution in [-0.2, 0) is 24.4 Å². The Hall–Kier alpha value is -3.29. The van der Waals surface area contributed by atoms with Crippen molar-refractivity contribution in [2.75, 3.05) is 11.7 Å². The lowest BCUT2D eigenvalue weighted by molar-refractivity contribution is 0.0909. The van der Waals surface area contributed by atoms with Gasteiger partial charge in [-0.2, -0.15) is 5.26 Å². The summed E-state index contributed by atoms with van der Waals surface area (Å²) in [5.74, 6) is 0.989. The van der Waals surface area contributed by atoms with Gasteiger partial charge in [0.1, 0.15) is 5.75 Å². The fraction of sp³-hybridized carbons (Fsp3) is 0.174. The van der Waals surface area contributed by atoms with Gasteiger partial charge in [-0.15, -0.1) is 0 Å². The number of fused-ring (bicyclic) bond motifs is 1. The average Bonchev–Trinajstić information content (AvgIpc) is 3.20. The number of nitrogens with zero attached hydrogens (tertiary/aromatic N) is 2. The zero-order valence-electron chi connectivity index (χ0n) is 15.0. The summed E-state index contributed by atoms with van der Waals surface area (Å²) in [6, 6.07) is 26.0. The highest BCUT2D eigenvalue weighted by Crippen LogP contribution is 2.27. The predicted molar refractivity (Wildman–Crippen MR) is 104 cm³/mol. The third kappa shape index (κ3) is 4.11. The number of ether oxygens (including phenoxy) is 1. The molecule has 27 heavy (non-hydrogen) atoms. The van der Waals surface area contributed by atoms with Crippen LogP contribution >= 0.6 is 0 Å². The van der Waals surface area contributed by atoms with Gasteiger partial charge in [-0.3, -0.25) is 4.84 Å². The van der Waals surface area contributed by atoms with Gasteiger partial charge in [-0.25, -0.2) is 5.06 Å². The van der Waals surface area contributed by atoms with Crippen LogP contribution in [0.25, 0.3) is 0 Å². The summed E-state index contributed by atoms with van der Waals surface area (Å²) in [5.41, 5.74) is 5.12. The molecule has 0 N–H and O–H groups in total. The molecule has 0 bridgehead atoms. The minimum Gasteiger partial charge on any atom is -0.493 e. The van der Waals surface area contributed by atoms with E-state index < -0.39 is 0 Å². The van der Waals surface area contributed by atoms with E-state index in [1.165, 1.54) is 11.1 Å². The van der Waals surface area contributed by atoms with Crippen molar-refractivity contribution in [3.63, 3.8) is 0 Å². The lowest BCUT2D eigenvalue weighted by Crippen LogP contribution is -2.23. The fourth-order valence-electron chi connectivity index (χ4n) is 3.14. The molecule has 0 aromatic heterocycles. The van der Waals surface area contributed by atoms with Gasteiger partial charge in [0.15, 0.2) is 0 Å². The summed E-state index contributed by atoms with van der Waals surface area (Å²) >= 11 is 0. The summed E-state index contributed by atoms with van der Waals surface area (Å²) in [5, 5.41) is 10.8. The molecule has 0 spiro atoms. The Balaban J connectivity index is 1.51. The normalized spacial score (nSPS) is 12.1. The van der Waals surface area contributed by atoms with Crippen LogP contribution in [0.2, 0.25) is 0 Å². The highest BCUT2D eigenvalue weighted by atomic mass is 16.7. The number of anilines is 1. The summed E-state index contributed by atoms with van der Waals surface area (Å²) < 4.78 is 5.60. The van der Waals surface area contributed by atoms with E-state index in [2.05, 4.69) is 18.2 Å². The number of hydroxylamine groups is 1. The Labute approximate surface area is 159 Å². The Kier molecular flexibility index (Phi) is 5.04. The fourth-order valence-corrected chi connectivity index (χ4v) is 3.14. The van der Waals surface area contributed by atoms with Crippen LogP contribution in [0.3, 0.4) is 0 Å². The number of benzene rings is 3. The van der Waals surface area contributed by atoms with E-state index in [4.69, 9.17) is 14.8 Å². The number of para-hydroxylation sites is 1. The Morgan fingerprint density at radius 1 is 0.963 bits per heavy atom. The van der Waals surface area contributed by atoms with Crippen LogP contribution in [-0.4, -0.2) is 6.61 Å². The van der Waals surface area contributed by atoms with E-state index in [1.807, 2.05) is 65.7 Å². The maximum Gasteiger partial charge on any atom is 0.122 e. The van der Waals surface area contributed by atoms with Gasteiger partial charge < -0.3 is 4.74 Å². The maximum absolute atomic E-state index is 8.93. The van der Waals surface area contributed by atoms with Crippen molar-refractivity contribution in [2.24, 2.45) is 0 Å². The molecule has 0 saturated heterocycles. The van der Waals surface area contributed by atoms with E-state index in [-0.39, 0.29) is 0 Å². The van der Waals surface area contributed by atoms with E-state index >= 15 is 0 Å². The molecular formula is C23H20N2O2. The van der Waals surface area contributed by atoms with Gasteiger partial charge in [-0.1, -0.05) is 42.5 Å². The van der Waals surface area contributed by atoms with Crippen LogP contribution in [0.1, 0.15) is 22.3 Å². The summed E-state index contributed by atoms with van der Waals surface area (Å²) in [6.07, 6.45) is 0.959. The van der Waals surface area contributed by atoms with Crippen LogP contribution in [0, 0.1) is 11.3 Å². The van der Waals surface area contributed by atoms with Crippen molar-refractivity contribution in [3.05, 3.63) is 95.1 Å². The first-order chi connectivity index (χ1) is 13.3. The maximum atomic E-state index is 8.93. The molecule has 0 aliphatic carbocycles. The second-order valence-electron chi connectivity index (χ2n) is 6.49. The highest BCUT2D eigenvalue weighted by Gasteiger charge is 2.14.